The molecule has 0 radical (unpaired) electrons. The maximum atomic E-state index is 12.5. The highest BCUT2D eigenvalue weighted by molar-refractivity contribution is 5.97. The van der Waals surface area contributed by atoms with E-state index in [2.05, 4.69) is 15.5 Å². The average molecular weight is 419 g/mol. The minimum Gasteiger partial charge on any atom is -0.493 e. The molecular weight excluding hydrogens is 384 g/mol. The van der Waals surface area contributed by atoms with Crippen molar-refractivity contribution in [2.75, 3.05) is 51.8 Å². The first-order chi connectivity index (χ1) is 14.6. The molecule has 3 rings (SSSR count). The van der Waals surface area contributed by atoms with E-state index in [1.165, 1.54) is 38.8 Å². The van der Waals surface area contributed by atoms with Gasteiger partial charge in [0.05, 0.1) is 20.3 Å². The molecule has 30 heavy (non-hydrogen) atoms. The average Bonchev–Trinajstić information content (AvgIpc) is 2.94. The van der Waals surface area contributed by atoms with Gasteiger partial charge in [0.2, 0.25) is 5.91 Å². The van der Waals surface area contributed by atoms with Crippen LogP contribution in [-0.4, -0.2) is 69.8 Å². The Balaban J connectivity index is 1.42. The molecule has 2 fully saturated rings. The van der Waals surface area contributed by atoms with E-state index in [4.69, 9.17) is 9.47 Å². The summed E-state index contributed by atoms with van der Waals surface area (Å²) in [6.07, 6.45) is 6.44. The van der Waals surface area contributed by atoms with Crippen LogP contribution in [0.5, 0.6) is 11.5 Å². The molecule has 2 N–H and O–H groups in total. The van der Waals surface area contributed by atoms with Crippen molar-refractivity contribution in [2.45, 2.75) is 44.6 Å². The maximum absolute atomic E-state index is 12.5. The van der Waals surface area contributed by atoms with Crippen molar-refractivity contribution in [1.29, 1.82) is 0 Å². The number of benzene rings is 1. The first-order valence-electron chi connectivity index (χ1n) is 10.9. The van der Waals surface area contributed by atoms with Crippen LogP contribution in [0.1, 0.15) is 38.5 Å². The van der Waals surface area contributed by atoms with Gasteiger partial charge in [-0.15, -0.1) is 0 Å². The highest BCUT2D eigenvalue weighted by Crippen LogP contribution is 2.33. The summed E-state index contributed by atoms with van der Waals surface area (Å²) in [5.74, 6) is 1.16. The van der Waals surface area contributed by atoms with Gasteiger partial charge in [0.15, 0.2) is 11.5 Å². The molecule has 2 heterocycles. The lowest BCUT2D eigenvalue weighted by Crippen LogP contribution is -2.44. The zero-order chi connectivity index (χ0) is 21.3. The van der Waals surface area contributed by atoms with E-state index in [0.29, 0.717) is 24.6 Å². The Labute approximate surface area is 178 Å². The van der Waals surface area contributed by atoms with Gasteiger partial charge in [-0.1, -0.05) is 12.8 Å². The van der Waals surface area contributed by atoms with Gasteiger partial charge in [-0.05, 0) is 51.0 Å². The summed E-state index contributed by atoms with van der Waals surface area (Å²) in [7, 11) is 3.14. The topological polar surface area (TPSA) is 83.1 Å². The molecule has 166 valence electrons. The second-order valence-electron chi connectivity index (χ2n) is 7.95. The van der Waals surface area contributed by atoms with E-state index in [-0.39, 0.29) is 24.4 Å². The van der Waals surface area contributed by atoms with Crippen molar-refractivity contribution in [3.05, 3.63) is 18.2 Å². The molecular formula is C22H34N4O4. The number of urea groups is 1. The fourth-order valence-electron chi connectivity index (χ4n) is 4.15. The van der Waals surface area contributed by atoms with Gasteiger partial charge in [-0.2, -0.15) is 0 Å². The molecule has 8 nitrogen and oxygen atoms in total. The smallest absolute Gasteiger partial charge is 0.315 e. The van der Waals surface area contributed by atoms with Crippen LogP contribution in [0.15, 0.2) is 18.2 Å². The van der Waals surface area contributed by atoms with Gasteiger partial charge < -0.3 is 29.9 Å². The number of nitrogens with zero attached hydrogens (tertiary/aromatic N) is 2. The summed E-state index contributed by atoms with van der Waals surface area (Å²) in [4.78, 5) is 28.9. The third-order valence-corrected chi connectivity index (χ3v) is 5.77. The molecule has 1 atom stereocenters. The van der Waals surface area contributed by atoms with Crippen LogP contribution in [-0.2, 0) is 4.79 Å². The lowest BCUT2D eigenvalue weighted by atomic mass is 10.2. The number of amides is 3. The second-order valence-corrected chi connectivity index (χ2v) is 7.95. The Morgan fingerprint density at radius 1 is 1.10 bits per heavy atom. The summed E-state index contributed by atoms with van der Waals surface area (Å²) in [6, 6.07) is 4.96. The SMILES string of the molecule is COc1ccc(N2C[C@@H](NC(=O)NCCCN3CCCCCC3)CC2=O)cc1OC. The molecule has 2 aliphatic rings. The number of carbonyl (C=O) groups is 2. The fourth-order valence-corrected chi connectivity index (χ4v) is 4.15. The predicted molar refractivity (Wildman–Crippen MR) is 116 cm³/mol. The van der Waals surface area contributed by atoms with Crippen molar-refractivity contribution in [2.24, 2.45) is 0 Å². The Morgan fingerprint density at radius 2 is 1.83 bits per heavy atom. The normalized spacial score (nSPS) is 20.0. The number of hydrogen-bond donors (Lipinski definition) is 2. The van der Waals surface area contributed by atoms with Crippen LogP contribution in [0.2, 0.25) is 0 Å². The highest BCUT2D eigenvalue weighted by atomic mass is 16.5. The van der Waals surface area contributed by atoms with Crippen molar-refractivity contribution in [3.8, 4) is 11.5 Å². The quantitative estimate of drug-likeness (QED) is 0.634. The largest absolute Gasteiger partial charge is 0.493 e. The lowest BCUT2D eigenvalue weighted by molar-refractivity contribution is -0.117. The maximum Gasteiger partial charge on any atom is 0.315 e. The molecule has 3 amide bonds. The monoisotopic (exact) mass is 418 g/mol. The number of methoxy groups -OCH3 is 2. The summed E-state index contributed by atoms with van der Waals surface area (Å²) < 4.78 is 10.6. The molecule has 1 aromatic carbocycles. The van der Waals surface area contributed by atoms with E-state index >= 15 is 0 Å². The molecule has 0 saturated carbocycles. The van der Waals surface area contributed by atoms with Crippen LogP contribution in [0.25, 0.3) is 0 Å². The third kappa shape index (κ3) is 6.01. The Hall–Kier alpha value is -2.48. The van der Waals surface area contributed by atoms with Crippen LogP contribution < -0.4 is 25.0 Å². The molecule has 0 aromatic heterocycles. The molecule has 8 heteroatoms. The van der Waals surface area contributed by atoms with Crippen LogP contribution >= 0.6 is 0 Å². The van der Waals surface area contributed by atoms with Crippen molar-refractivity contribution < 1.29 is 19.1 Å². The molecule has 2 saturated heterocycles. The van der Waals surface area contributed by atoms with Gasteiger partial charge >= 0.3 is 6.03 Å². The van der Waals surface area contributed by atoms with Crippen LogP contribution in [0, 0.1) is 0 Å². The minimum atomic E-state index is -0.212. The molecule has 1 aromatic rings. The molecule has 0 aliphatic carbocycles. The van der Waals surface area contributed by atoms with Crippen LogP contribution in [0.4, 0.5) is 10.5 Å². The Morgan fingerprint density at radius 3 is 2.53 bits per heavy atom. The number of anilines is 1. The molecule has 0 spiro atoms. The fraction of sp³-hybridized carbons (Fsp3) is 0.636. The number of nitrogens with one attached hydrogen (secondary N) is 2. The minimum absolute atomic E-state index is 0.0197. The van der Waals surface area contributed by atoms with E-state index in [9.17, 15) is 9.59 Å². The summed E-state index contributed by atoms with van der Waals surface area (Å²) >= 11 is 0. The second kappa shape index (κ2) is 11.1. The van der Waals surface area contributed by atoms with Crippen LogP contribution in [0.3, 0.4) is 0 Å². The number of ether oxygens (including phenoxy) is 2. The van der Waals surface area contributed by atoms with Gasteiger partial charge in [-0.3, -0.25) is 4.79 Å². The van der Waals surface area contributed by atoms with E-state index in [1.54, 1.807) is 31.3 Å². The highest BCUT2D eigenvalue weighted by Gasteiger charge is 2.32. The Bertz CT molecular complexity index is 719. The third-order valence-electron chi connectivity index (χ3n) is 5.77. The van der Waals surface area contributed by atoms with Gasteiger partial charge in [0.25, 0.3) is 0 Å². The van der Waals surface area contributed by atoms with Gasteiger partial charge in [-0.25, -0.2) is 4.79 Å². The molecule has 2 aliphatic heterocycles. The first kappa shape index (κ1) is 22.2. The summed E-state index contributed by atoms with van der Waals surface area (Å²) in [5.41, 5.74) is 0.736. The Kier molecular flexibility index (Phi) is 8.19. The molecule has 0 bridgehead atoms. The van der Waals surface area contributed by atoms with E-state index in [1.807, 2.05) is 6.07 Å². The number of hydrogen-bond acceptors (Lipinski definition) is 5. The first-order valence-corrected chi connectivity index (χ1v) is 10.9. The summed E-state index contributed by atoms with van der Waals surface area (Å²) in [6.45, 7) is 4.44. The van der Waals surface area contributed by atoms with Crippen molar-refractivity contribution in [3.63, 3.8) is 0 Å². The zero-order valence-corrected chi connectivity index (χ0v) is 18.1. The standard InChI is InChI=1S/C22H34N4O4/c1-29-19-9-8-18(15-20(19)30-2)26-16-17(14-21(26)27)24-22(28)23-10-7-13-25-11-5-3-4-6-12-25/h8-9,15,17H,3-7,10-14,16H2,1-2H3,(H2,23,24,28)/t17-/m0/s1. The number of carbonyl (C=O) groups excluding carboxylic acids is 2. The predicted octanol–water partition coefficient (Wildman–Crippen LogP) is 2.37. The zero-order valence-electron chi connectivity index (χ0n) is 18.1. The summed E-state index contributed by atoms with van der Waals surface area (Å²) in [5, 5.41) is 5.85. The van der Waals surface area contributed by atoms with E-state index < -0.39 is 0 Å². The molecule has 0 unspecified atom stereocenters. The number of rotatable bonds is 8. The lowest BCUT2D eigenvalue weighted by Gasteiger charge is -2.20. The van der Waals surface area contributed by atoms with Gasteiger partial charge in [0.1, 0.15) is 0 Å². The van der Waals surface area contributed by atoms with Crippen molar-refractivity contribution >= 4 is 17.6 Å². The number of likely N-dealkylation sites (tertiary alicyclic amines) is 1. The van der Waals surface area contributed by atoms with Crippen molar-refractivity contribution in [1.82, 2.24) is 15.5 Å². The van der Waals surface area contributed by atoms with E-state index in [0.717, 1.165) is 18.7 Å². The van der Waals surface area contributed by atoms with Gasteiger partial charge in [0, 0.05) is 31.3 Å².